The highest BCUT2D eigenvalue weighted by Gasteiger charge is 2.43. The Morgan fingerprint density at radius 3 is 2.71 bits per heavy atom. The summed E-state index contributed by atoms with van der Waals surface area (Å²) in [5, 5.41) is 22.5. The Kier molecular flexibility index (Phi) is 4.29. The van der Waals surface area contributed by atoms with E-state index in [9.17, 15) is 19.2 Å². The van der Waals surface area contributed by atoms with Crippen molar-refractivity contribution in [1.82, 2.24) is 15.5 Å². The number of carboxylic acids is 2. The minimum absolute atomic E-state index is 0.0992. The highest BCUT2D eigenvalue weighted by Crippen LogP contribution is 2.27. The molecule has 116 valence electrons. The van der Waals surface area contributed by atoms with Gasteiger partial charge in [-0.25, -0.2) is 9.59 Å². The first-order valence-electron chi connectivity index (χ1n) is 6.69. The zero-order chi connectivity index (χ0) is 15.6. The number of hydrogen-bond donors (Lipinski definition) is 4. The zero-order valence-corrected chi connectivity index (χ0v) is 11.2. The molecular formula is C12H17N3O6. The fourth-order valence-electron chi connectivity index (χ4n) is 2.81. The fourth-order valence-corrected chi connectivity index (χ4v) is 2.81. The van der Waals surface area contributed by atoms with Gasteiger partial charge in [0.15, 0.2) is 0 Å². The van der Waals surface area contributed by atoms with Crippen LogP contribution in [0.2, 0.25) is 0 Å². The van der Waals surface area contributed by atoms with Crippen LogP contribution >= 0.6 is 0 Å². The topological polar surface area (TPSA) is 136 Å². The third-order valence-electron chi connectivity index (χ3n) is 3.84. The molecule has 3 amide bonds. The van der Waals surface area contributed by atoms with Crippen molar-refractivity contribution >= 4 is 23.9 Å². The van der Waals surface area contributed by atoms with Gasteiger partial charge >= 0.3 is 18.0 Å². The van der Waals surface area contributed by atoms with E-state index in [1.165, 1.54) is 4.90 Å². The number of urea groups is 1. The standard InChI is InChI=1S/C12H17N3O6/c16-9(17)4-7(11(19)20)14-12(21)15-3-1-2-6-8(15)5-13-10(6)18/h6-8H,1-5H2,(H,13,18)(H,14,21)(H,16,17)(H,19,20)/t6?,7-,8?/m1/s1. The number of carbonyl (C=O) groups excluding carboxylic acids is 2. The molecular weight excluding hydrogens is 282 g/mol. The molecule has 2 heterocycles. The highest BCUT2D eigenvalue weighted by atomic mass is 16.4. The average molecular weight is 299 g/mol. The first-order chi connectivity index (χ1) is 9.90. The lowest BCUT2D eigenvalue weighted by Crippen LogP contribution is -2.55. The Morgan fingerprint density at radius 1 is 1.38 bits per heavy atom. The summed E-state index contributed by atoms with van der Waals surface area (Å²) in [5.74, 6) is -3.08. The van der Waals surface area contributed by atoms with Gasteiger partial charge in [0.25, 0.3) is 0 Å². The monoisotopic (exact) mass is 299 g/mol. The summed E-state index contributed by atoms with van der Waals surface area (Å²) in [7, 11) is 0. The van der Waals surface area contributed by atoms with Crippen LogP contribution in [0.15, 0.2) is 0 Å². The van der Waals surface area contributed by atoms with Gasteiger partial charge < -0.3 is 25.7 Å². The molecule has 4 N–H and O–H groups in total. The van der Waals surface area contributed by atoms with Crippen molar-refractivity contribution in [1.29, 1.82) is 0 Å². The molecule has 0 aliphatic carbocycles. The lowest BCUT2D eigenvalue weighted by Gasteiger charge is -2.36. The van der Waals surface area contributed by atoms with Gasteiger partial charge in [-0.2, -0.15) is 0 Å². The molecule has 2 aliphatic heterocycles. The van der Waals surface area contributed by atoms with E-state index in [0.717, 1.165) is 0 Å². The minimum Gasteiger partial charge on any atom is -0.481 e. The van der Waals surface area contributed by atoms with Crippen molar-refractivity contribution < 1.29 is 29.4 Å². The number of nitrogens with zero attached hydrogens (tertiary/aromatic N) is 1. The van der Waals surface area contributed by atoms with Crippen LogP contribution in [0.3, 0.4) is 0 Å². The van der Waals surface area contributed by atoms with Crippen LogP contribution in [0.4, 0.5) is 4.79 Å². The van der Waals surface area contributed by atoms with Gasteiger partial charge in [0.2, 0.25) is 5.91 Å². The Bertz CT molecular complexity index is 480. The highest BCUT2D eigenvalue weighted by molar-refractivity contribution is 5.88. The molecule has 0 aromatic heterocycles. The second-order valence-corrected chi connectivity index (χ2v) is 5.19. The number of piperidine rings is 1. The normalized spacial score (nSPS) is 25.7. The summed E-state index contributed by atoms with van der Waals surface area (Å²) in [6, 6.07) is -2.43. The van der Waals surface area contributed by atoms with Gasteiger partial charge in [-0.3, -0.25) is 9.59 Å². The van der Waals surface area contributed by atoms with Gasteiger partial charge in [0, 0.05) is 13.1 Å². The molecule has 2 unspecified atom stereocenters. The quantitative estimate of drug-likeness (QED) is 0.516. The summed E-state index contributed by atoms with van der Waals surface area (Å²) in [6.07, 6.45) is 0.649. The predicted octanol–water partition coefficient (Wildman–Crippen LogP) is -1.17. The van der Waals surface area contributed by atoms with Crippen molar-refractivity contribution in [3.63, 3.8) is 0 Å². The first kappa shape index (κ1) is 15.1. The molecule has 2 rings (SSSR count). The van der Waals surface area contributed by atoms with Crippen LogP contribution in [0, 0.1) is 5.92 Å². The maximum atomic E-state index is 12.2. The third kappa shape index (κ3) is 3.23. The molecule has 0 saturated carbocycles. The number of nitrogens with one attached hydrogen (secondary N) is 2. The lowest BCUT2D eigenvalue weighted by molar-refractivity contribution is -0.145. The largest absolute Gasteiger partial charge is 0.481 e. The van der Waals surface area contributed by atoms with E-state index in [0.29, 0.717) is 25.9 Å². The number of carbonyl (C=O) groups is 4. The molecule has 3 atom stereocenters. The second-order valence-electron chi connectivity index (χ2n) is 5.19. The first-order valence-corrected chi connectivity index (χ1v) is 6.69. The van der Waals surface area contributed by atoms with Crippen LogP contribution in [0.5, 0.6) is 0 Å². The van der Waals surface area contributed by atoms with Crippen LogP contribution in [0.25, 0.3) is 0 Å². The summed E-state index contributed by atoms with van der Waals surface area (Å²) in [4.78, 5) is 46.8. The minimum atomic E-state index is -1.49. The van der Waals surface area contributed by atoms with Gasteiger partial charge in [-0.1, -0.05) is 0 Å². The van der Waals surface area contributed by atoms with E-state index in [1.54, 1.807) is 0 Å². The zero-order valence-electron chi connectivity index (χ0n) is 11.2. The van der Waals surface area contributed by atoms with E-state index in [-0.39, 0.29) is 17.9 Å². The van der Waals surface area contributed by atoms with Gasteiger partial charge in [0.1, 0.15) is 6.04 Å². The van der Waals surface area contributed by atoms with Gasteiger partial charge in [0.05, 0.1) is 18.4 Å². The molecule has 9 nitrogen and oxygen atoms in total. The maximum absolute atomic E-state index is 12.2. The van der Waals surface area contributed by atoms with Crippen LogP contribution in [0.1, 0.15) is 19.3 Å². The molecule has 2 saturated heterocycles. The van der Waals surface area contributed by atoms with Crippen molar-refractivity contribution in [2.24, 2.45) is 5.92 Å². The van der Waals surface area contributed by atoms with Crippen LogP contribution < -0.4 is 10.6 Å². The molecule has 0 bridgehead atoms. The predicted molar refractivity (Wildman–Crippen MR) is 68.4 cm³/mol. The molecule has 21 heavy (non-hydrogen) atoms. The molecule has 0 aromatic rings. The van der Waals surface area contributed by atoms with Gasteiger partial charge in [-0.15, -0.1) is 0 Å². The van der Waals surface area contributed by atoms with Crippen molar-refractivity contribution in [3.05, 3.63) is 0 Å². The Labute approximate surface area is 120 Å². The number of rotatable bonds is 4. The lowest BCUT2D eigenvalue weighted by atomic mass is 9.92. The summed E-state index contributed by atoms with van der Waals surface area (Å²) >= 11 is 0. The van der Waals surface area contributed by atoms with Crippen LogP contribution in [-0.2, 0) is 14.4 Å². The molecule has 9 heteroatoms. The Hall–Kier alpha value is -2.32. The van der Waals surface area contributed by atoms with E-state index in [1.807, 2.05) is 0 Å². The molecule has 2 fully saturated rings. The van der Waals surface area contributed by atoms with Crippen molar-refractivity contribution in [2.75, 3.05) is 13.1 Å². The number of hydrogen-bond acceptors (Lipinski definition) is 4. The summed E-state index contributed by atoms with van der Waals surface area (Å²) in [5.41, 5.74) is 0. The maximum Gasteiger partial charge on any atom is 0.326 e. The van der Waals surface area contributed by atoms with Crippen molar-refractivity contribution in [2.45, 2.75) is 31.3 Å². The van der Waals surface area contributed by atoms with E-state index in [2.05, 4.69) is 10.6 Å². The SMILES string of the molecule is O=C(O)C[C@@H](NC(=O)N1CCCC2C(=O)NCC21)C(=O)O. The molecule has 2 aliphatic rings. The molecule has 0 radical (unpaired) electrons. The number of fused-ring (bicyclic) bond motifs is 1. The van der Waals surface area contributed by atoms with E-state index < -0.39 is 30.4 Å². The Morgan fingerprint density at radius 2 is 2.10 bits per heavy atom. The fraction of sp³-hybridized carbons (Fsp3) is 0.667. The van der Waals surface area contributed by atoms with E-state index in [4.69, 9.17) is 10.2 Å². The smallest absolute Gasteiger partial charge is 0.326 e. The number of likely N-dealkylation sites (tertiary alicyclic amines) is 1. The van der Waals surface area contributed by atoms with Crippen molar-refractivity contribution in [3.8, 4) is 0 Å². The van der Waals surface area contributed by atoms with Crippen LogP contribution in [-0.4, -0.2) is 64.2 Å². The second kappa shape index (κ2) is 5.98. The number of amides is 3. The van der Waals surface area contributed by atoms with Gasteiger partial charge in [-0.05, 0) is 12.8 Å². The average Bonchev–Trinajstić information content (AvgIpc) is 2.79. The summed E-state index contributed by atoms with van der Waals surface area (Å²) in [6.45, 7) is 0.759. The Balaban J connectivity index is 2.03. The summed E-state index contributed by atoms with van der Waals surface area (Å²) < 4.78 is 0. The molecule has 0 spiro atoms. The number of aliphatic carboxylic acids is 2. The molecule has 0 aromatic carbocycles. The van der Waals surface area contributed by atoms with E-state index >= 15 is 0 Å². The third-order valence-corrected chi connectivity index (χ3v) is 3.84. The number of carboxylic acid groups (broad SMARTS) is 2.